The summed E-state index contributed by atoms with van der Waals surface area (Å²) in [7, 11) is 0. The molecule has 1 aliphatic heterocycles. The normalized spacial score (nSPS) is 22.1. The summed E-state index contributed by atoms with van der Waals surface area (Å²) < 4.78 is 0. The third-order valence-corrected chi connectivity index (χ3v) is 4.45. The number of aryl methyl sites for hydroxylation is 1. The number of amides is 1. The average molecular weight is 295 g/mol. The molecule has 3 rings (SSSR count). The summed E-state index contributed by atoms with van der Waals surface area (Å²) in [4.78, 5) is 28.6. The first-order chi connectivity index (χ1) is 10.1. The van der Waals surface area contributed by atoms with E-state index < -0.39 is 0 Å². The van der Waals surface area contributed by atoms with Crippen LogP contribution < -0.4 is 0 Å². The lowest BCUT2D eigenvalue weighted by molar-refractivity contribution is -0.113. The lowest BCUT2D eigenvalue weighted by atomic mass is 10.1. The maximum absolute atomic E-state index is 12.2. The van der Waals surface area contributed by atoms with Crippen LogP contribution >= 0.6 is 11.8 Å². The van der Waals surface area contributed by atoms with Crippen LogP contribution in [0.25, 0.3) is 0 Å². The molecule has 21 heavy (non-hydrogen) atoms. The highest BCUT2D eigenvalue weighted by Gasteiger charge is 2.26. The Morgan fingerprint density at radius 2 is 2.00 bits per heavy atom. The number of hydrogen-bond acceptors (Lipinski definition) is 3. The molecule has 1 aromatic rings. The molecule has 2 aliphatic rings. The van der Waals surface area contributed by atoms with Gasteiger partial charge in [0.1, 0.15) is 0 Å². The van der Waals surface area contributed by atoms with Crippen LogP contribution in [-0.4, -0.2) is 22.7 Å². The number of carbonyl (C=O) groups is 2. The predicted octanol–water partition coefficient (Wildman–Crippen LogP) is 3.27. The van der Waals surface area contributed by atoms with Gasteiger partial charge in [-0.25, -0.2) is 4.99 Å². The maximum Gasteiger partial charge on any atom is 0.283 e. The number of aliphatic imine (C=N–C) groups is 1. The number of benzene rings is 1. The van der Waals surface area contributed by atoms with Gasteiger partial charge < -0.3 is 0 Å². The smallest absolute Gasteiger partial charge is 0.283 e. The first-order valence-electron chi connectivity index (χ1n) is 6.60. The van der Waals surface area contributed by atoms with E-state index in [4.69, 9.17) is 0 Å². The van der Waals surface area contributed by atoms with E-state index >= 15 is 0 Å². The van der Waals surface area contributed by atoms with Crippen LogP contribution in [0.5, 0.6) is 0 Å². The van der Waals surface area contributed by atoms with Crippen molar-refractivity contribution in [2.45, 2.75) is 12.2 Å². The van der Waals surface area contributed by atoms with Gasteiger partial charge in [0.2, 0.25) is 0 Å². The topological polar surface area (TPSA) is 46.5 Å². The van der Waals surface area contributed by atoms with Crippen molar-refractivity contribution in [1.82, 2.24) is 0 Å². The number of ketones is 1. The maximum atomic E-state index is 12.2. The molecule has 1 heterocycles. The Hall–Kier alpha value is -2.20. The van der Waals surface area contributed by atoms with E-state index in [0.717, 1.165) is 11.3 Å². The van der Waals surface area contributed by atoms with E-state index in [-0.39, 0.29) is 16.9 Å². The van der Waals surface area contributed by atoms with Gasteiger partial charge in [0, 0.05) is 11.6 Å². The molecule has 0 aromatic heterocycles. The van der Waals surface area contributed by atoms with E-state index in [0.29, 0.717) is 10.5 Å². The summed E-state index contributed by atoms with van der Waals surface area (Å²) in [6.45, 7) is 1.96. The molecule has 1 atom stereocenters. The Kier molecular flexibility index (Phi) is 3.71. The zero-order valence-corrected chi connectivity index (χ0v) is 12.3. The quantitative estimate of drug-likeness (QED) is 0.621. The SMILES string of the molecule is Cc1ccc(C(=O)/C=C2/SC3C=CC=CC3=NC2=O)cc1. The third-order valence-electron chi connectivity index (χ3n) is 3.25. The molecular weight excluding hydrogens is 282 g/mol. The highest BCUT2D eigenvalue weighted by molar-refractivity contribution is 8.05. The number of carbonyl (C=O) groups excluding carboxylic acids is 2. The number of thioether (sulfide) groups is 1. The van der Waals surface area contributed by atoms with E-state index in [2.05, 4.69) is 4.99 Å². The van der Waals surface area contributed by atoms with Crippen molar-refractivity contribution in [3.8, 4) is 0 Å². The van der Waals surface area contributed by atoms with Crippen LogP contribution in [0.1, 0.15) is 15.9 Å². The molecule has 1 unspecified atom stereocenters. The largest absolute Gasteiger partial charge is 0.289 e. The molecule has 0 N–H and O–H groups in total. The summed E-state index contributed by atoms with van der Waals surface area (Å²) >= 11 is 1.37. The highest BCUT2D eigenvalue weighted by atomic mass is 32.2. The molecular formula is C17H13NO2S. The Morgan fingerprint density at radius 3 is 2.76 bits per heavy atom. The molecule has 0 radical (unpaired) electrons. The van der Waals surface area contributed by atoms with Crippen molar-refractivity contribution in [3.63, 3.8) is 0 Å². The standard InChI is InChI=1S/C17H13NO2S/c1-11-6-8-12(9-7-11)14(19)10-16-17(20)18-13-4-2-3-5-15(13)21-16/h2-10,15H,1H3/b16-10+. The Balaban J connectivity index is 1.86. The molecule has 4 heteroatoms. The lowest BCUT2D eigenvalue weighted by Crippen LogP contribution is -2.23. The number of hydrogen-bond donors (Lipinski definition) is 0. The van der Waals surface area contributed by atoms with Crippen LogP contribution in [-0.2, 0) is 4.79 Å². The van der Waals surface area contributed by atoms with Gasteiger partial charge >= 0.3 is 0 Å². The molecule has 0 spiro atoms. The fourth-order valence-corrected chi connectivity index (χ4v) is 3.11. The van der Waals surface area contributed by atoms with Crippen molar-refractivity contribution in [1.29, 1.82) is 0 Å². The second kappa shape index (κ2) is 5.66. The van der Waals surface area contributed by atoms with Gasteiger partial charge in [0.15, 0.2) is 5.78 Å². The van der Waals surface area contributed by atoms with Crippen LogP contribution in [0.2, 0.25) is 0 Å². The fraction of sp³-hybridized carbons (Fsp3) is 0.118. The van der Waals surface area contributed by atoms with Crippen molar-refractivity contribution >= 4 is 29.2 Å². The van der Waals surface area contributed by atoms with E-state index in [1.807, 2.05) is 43.4 Å². The van der Waals surface area contributed by atoms with Gasteiger partial charge in [-0.05, 0) is 13.0 Å². The van der Waals surface area contributed by atoms with E-state index in [9.17, 15) is 9.59 Å². The average Bonchev–Trinajstić information content (AvgIpc) is 2.48. The van der Waals surface area contributed by atoms with Crippen molar-refractivity contribution in [3.05, 3.63) is 70.7 Å². The molecule has 0 saturated heterocycles. The molecule has 0 bridgehead atoms. The summed E-state index contributed by atoms with van der Waals surface area (Å²) in [5.41, 5.74) is 2.42. The van der Waals surface area contributed by atoms with Gasteiger partial charge in [0.25, 0.3) is 5.91 Å². The second-order valence-electron chi connectivity index (χ2n) is 4.86. The number of nitrogens with zero attached hydrogens (tertiary/aromatic N) is 1. The second-order valence-corrected chi connectivity index (χ2v) is 6.05. The molecule has 1 aliphatic carbocycles. The fourth-order valence-electron chi connectivity index (χ4n) is 2.09. The summed E-state index contributed by atoms with van der Waals surface area (Å²) in [5, 5.41) is 0.0183. The van der Waals surface area contributed by atoms with Gasteiger partial charge in [-0.1, -0.05) is 48.1 Å². The summed E-state index contributed by atoms with van der Waals surface area (Å²) in [6.07, 6.45) is 8.97. The molecule has 0 saturated carbocycles. The first-order valence-corrected chi connectivity index (χ1v) is 7.48. The van der Waals surface area contributed by atoms with Crippen LogP contribution in [0.3, 0.4) is 0 Å². The molecule has 3 nitrogen and oxygen atoms in total. The van der Waals surface area contributed by atoms with Gasteiger partial charge in [0.05, 0.1) is 15.9 Å². The Bertz CT molecular complexity index is 724. The van der Waals surface area contributed by atoms with E-state index in [1.54, 1.807) is 12.1 Å². The van der Waals surface area contributed by atoms with Crippen LogP contribution in [0.4, 0.5) is 0 Å². The molecule has 1 aromatic carbocycles. The predicted molar refractivity (Wildman–Crippen MR) is 85.7 cm³/mol. The van der Waals surface area contributed by atoms with Gasteiger partial charge in [-0.3, -0.25) is 9.59 Å². The number of fused-ring (bicyclic) bond motifs is 1. The van der Waals surface area contributed by atoms with E-state index in [1.165, 1.54) is 17.8 Å². The van der Waals surface area contributed by atoms with Crippen LogP contribution in [0.15, 0.2) is 64.5 Å². The lowest BCUT2D eigenvalue weighted by Gasteiger charge is -2.20. The minimum absolute atomic E-state index is 0.0183. The van der Waals surface area contributed by atoms with Crippen LogP contribution in [0, 0.1) is 6.92 Å². The van der Waals surface area contributed by atoms with Crippen molar-refractivity contribution in [2.75, 3.05) is 0 Å². The molecule has 0 fully saturated rings. The Labute approximate surface area is 127 Å². The number of rotatable bonds is 2. The zero-order chi connectivity index (χ0) is 14.8. The molecule has 1 amide bonds. The van der Waals surface area contributed by atoms with Crippen molar-refractivity contribution in [2.24, 2.45) is 4.99 Å². The summed E-state index contributed by atoms with van der Waals surface area (Å²) in [6, 6.07) is 7.30. The monoisotopic (exact) mass is 295 g/mol. The minimum Gasteiger partial charge on any atom is -0.289 e. The summed E-state index contributed by atoms with van der Waals surface area (Å²) in [5.74, 6) is -0.508. The van der Waals surface area contributed by atoms with Gasteiger partial charge in [-0.2, -0.15) is 0 Å². The Morgan fingerprint density at radius 1 is 1.24 bits per heavy atom. The zero-order valence-electron chi connectivity index (χ0n) is 11.4. The minimum atomic E-state index is -0.341. The highest BCUT2D eigenvalue weighted by Crippen LogP contribution is 2.31. The molecule has 104 valence electrons. The van der Waals surface area contributed by atoms with Gasteiger partial charge in [-0.15, -0.1) is 11.8 Å². The van der Waals surface area contributed by atoms with Crippen molar-refractivity contribution < 1.29 is 9.59 Å². The number of allylic oxidation sites excluding steroid dienone is 4. The third kappa shape index (κ3) is 2.95. The first kappa shape index (κ1) is 13.8.